The van der Waals surface area contributed by atoms with Gasteiger partial charge in [0.05, 0.1) is 3.79 Å². The van der Waals surface area contributed by atoms with E-state index < -0.39 is 17.9 Å². The standard InChI is InChI=1S/C32H33BrN2O4S/c1-32(2,3)21-9-12-22(13-10-21)39-23-11-8-20-17-26(34-25(24(20)18-23)16-19-6-4-5-7-19)30(36)35-29(31(37)38)27-14-15-28(33)40-27/h8-15,17-19,29H,4-7,16H2,1-3H3,(H,35,36)(H,37,38). The number of nitrogens with zero attached hydrogens (tertiary/aromatic N) is 1. The Labute approximate surface area is 246 Å². The van der Waals surface area contributed by atoms with E-state index in [4.69, 9.17) is 9.72 Å². The van der Waals surface area contributed by atoms with Crippen LogP contribution in [0.15, 0.2) is 64.5 Å². The van der Waals surface area contributed by atoms with Crippen molar-refractivity contribution in [2.24, 2.45) is 5.92 Å². The highest BCUT2D eigenvalue weighted by Gasteiger charge is 2.26. The van der Waals surface area contributed by atoms with Crippen LogP contribution in [-0.4, -0.2) is 22.0 Å². The number of fused-ring (bicyclic) bond motifs is 1. The number of aliphatic carboxylic acids is 1. The maximum absolute atomic E-state index is 13.3. The summed E-state index contributed by atoms with van der Waals surface area (Å²) in [5.41, 5.74) is 2.36. The largest absolute Gasteiger partial charge is 0.479 e. The number of thiophene rings is 1. The maximum atomic E-state index is 13.3. The van der Waals surface area contributed by atoms with E-state index in [1.807, 2.05) is 30.3 Å². The summed E-state index contributed by atoms with van der Waals surface area (Å²) in [6.45, 7) is 6.55. The zero-order valence-corrected chi connectivity index (χ0v) is 25.3. The summed E-state index contributed by atoms with van der Waals surface area (Å²) in [5.74, 6) is 0.349. The van der Waals surface area contributed by atoms with Crippen LogP contribution in [0.1, 0.15) is 79.1 Å². The number of carboxylic acids is 1. The molecular weight excluding hydrogens is 588 g/mol. The van der Waals surface area contributed by atoms with Crippen LogP contribution < -0.4 is 10.1 Å². The average Bonchev–Trinajstić information content (AvgIpc) is 3.58. The van der Waals surface area contributed by atoms with E-state index in [-0.39, 0.29) is 11.1 Å². The Hall–Kier alpha value is -3.23. The van der Waals surface area contributed by atoms with Crippen LogP contribution in [0.25, 0.3) is 10.8 Å². The Morgan fingerprint density at radius 2 is 1.75 bits per heavy atom. The van der Waals surface area contributed by atoms with Gasteiger partial charge in [0.1, 0.15) is 17.2 Å². The number of halogens is 1. The molecule has 4 aromatic rings. The van der Waals surface area contributed by atoms with Crippen LogP contribution in [0, 0.1) is 5.92 Å². The number of amides is 1. The number of carbonyl (C=O) groups is 2. The summed E-state index contributed by atoms with van der Waals surface area (Å²) in [7, 11) is 0. The fraction of sp³-hybridized carbons (Fsp3) is 0.344. The molecule has 2 N–H and O–H groups in total. The first-order valence-electron chi connectivity index (χ1n) is 13.6. The quantitative estimate of drug-likeness (QED) is 0.206. The smallest absolute Gasteiger partial charge is 0.331 e. The molecule has 1 saturated carbocycles. The van der Waals surface area contributed by atoms with Crippen LogP contribution in [0.3, 0.4) is 0 Å². The Morgan fingerprint density at radius 1 is 1.05 bits per heavy atom. The molecule has 0 spiro atoms. The van der Waals surface area contributed by atoms with Gasteiger partial charge in [-0.3, -0.25) is 4.79 Å². The van der Waals surface area contributed by atoms with E-state index in [0.29, 0.717) is 16.5 Å². The second-order valence-corrected chi connectivity index (χ2v) is 13.9. The van der Waals surface area contributed by atoms with Crippen molar-refractivity contribution in [3.05, 3.63) is 86.3 Å². The second kappa shape index (κ2) is 11.7. The maximum Gasteiger partial charge on any atom is 0.331 e. The third-order valence-corrected chi connectivity index (χ3v) is 9.12. The van der Waals surface area contributed by atoms with Crippen molar-refractivity contribution in [3.63, 3.8) is 0 Å². The predicted molar refractivity (Wildman–Crippen MR) is 162 cm³/mol. The molecule has 0 radical (unpaired) electrons. The van der Waals surface area contributed by atoms with Gasteiger partial charge in [-0.05, 0) is 87.1 Å². The SMILES string of the molecule is CC(C)(C)c1ccc(Oc2ccc3cc(C(=O)NC(C(=O)O)c4ccc(Br)s4)nc(CC4CCCC4)c3c2)cc1. The molecule has 2 aromatic heterocycles. The third kappa shape index (κ3) is 6.56. The number of ether oxygens (including phenoxy) is 1. The molecule has 6 nitrogen and oxygen atoms in total. The number of rotatable bonds is 8. The topological polar surface area (TPSA) is 88.5 Å². The number of nitrogens with one attached hydrogen (secondary N) is 1. The zero-order valence-electron chi connectivity index (χ0n) is 22.9. The van der Waals surface area contributed by atoms with Gasteiger partial charge in [-0.2, -0.15) is 0 Å². The molecule has 0 aliphatic heterocycles. The normalized spacial score (nSPS) is 14.8. The number of carboxylic acid groups (broad SMARTS) is 1. The molecule has 1 amide bonds. The Kier molecular flexibility index (Phi) is 8.29. The van der Waals surface area contributed by atoms with Crippen LogP contribution >= 0.6 is 27.3 Å². The number of carbonyl (C=O) groups excluding carboxylic acids is 1. The minimum atomic E-state index is -1.15. The lowest BCUT2D eigenvalue weighted by Crippen LogP contribution is -2.33. The van der Waals surface area contributed by atoms with E-state index in [9.17, 15) is 14.7 Å². The molecule has 0 saturated heterocycles. The van der Waals surface area contributed by atoms with Crippen molar-refractivity contribution < 1.29 is 19.4 Å². The van der Waals surface area contributed by atoms with Crippen LogP contribution in [0.2, 0.25) is 0 Å². The average molecular weight is 622 g/mol. The molecule has 5 rings (SSSR count). The number of pyridine rings is 1. The minimum absolute atomic E-state index is 0.0669. The van der Waals surface area contributed by atoms with Gasteiger partial charge in [0, 0.05) is 16.0 Å². The monoisotopic (exact) mass is 620 g/mol. The first kappa shape index (κ1) is 28.3. The summed E-state index contributed by atoms with van der Waals surface area (Å²) < 4.78 is 7.01. The summed E-state index contributed by atoms with van der Waals surface area (Å²) >= 11 is 4.65. The van der Waals surface area contributed by atoms with Gasteiger partial charge >= 0.3 is 5.97 Å². The molecule has 1 aliphatic rings. The zero-order chi connectivity index (χ0) is 28.4. The summed E-state index contributed by atoms with van der Waals surface area (Å²) in [6.07, 6.45) is 5.47. The predicted octanol–water partition coefficient (Wildman–Crippen LogP) is 8.44. The number of hydrogen-bond acceptors (Lipinski definition) is 5. The highest BCUT2D eigenvalue weighted by molar-refractivity contribution is 9.11. The molecule has 8 heteroatoms. The summed E-state index contributed by atoms with van der Waals surface area (Å²) in [4.78, 5) is 30.6. The van der Waals surface area contributed by atoms with Crippen molar-refractivity contribution in [1.29, 1.82) is 0 Å². The molecule has 2 aromatic carbocycles. The fourth-order valence-corrected chi connectivity index (χ4v) is 6.69. The Bertz CT molecular complexity index is 1540. The summed E-state index contributed by atoms with van der Waals surface area (Å²) in [5, 5.41) is 14.3. The van der Waals surface area contributed by atoms with Crippen molar-refractivity contribution in [1.82, 2.24) is 10.3 Å². The van der Waals surface area contributed by atoms with Crippen molar-refractivity contribution in [2.75, 3.05) is 0 Å². The van der Waals surface area contributed by atoms with Crippen molar-refractivity contribution in [2.45, 2.75) is 64.3 Å². The van der Waals surface area contributed by atoms with Crippen LogP contribution in [0.4, 0.5) is 0 Å². The van der Waals surface area contributed by atoms with E-state index in [1.54, 1.807) is 18.2 Å². The van der Waals surface area contributed by atoms with Crippen molar-refractivity contribution >= 4 is 49.9 Å². The van der Waals surface area contributed by atoms with E-state index in [2.05, 4.69) is 54.2 Å². The van der Waals surface area contributed by atoms with Gasteiger partial charge in [0.25, 0.3) is 5.91 Å². The van der Waals surface area contributed by atoms with Gasteiger partial charge in [-0.15, -0.1) is 11.3 Å². The van der Waals surface area contributed by atoms with Gasteiger partial charge in [-0.1, -0.05) is 64.7 Å². The molecule has 40 heavy (non-hydrogen) atoms. The number of aromatic nitrogens is 1. The Balaban J connectivity index is 1.45. The lowest BCUT2D eigenvalue weighted by atomic mass is 9.87. The highest BCUT2D eigenvalue weighted by Crippen LogP contribution is 2.34. The van der Waals surface area contributed by atoms with Crippen molar-refractivity contribution in [3.8, 4) is 11.5 Å². The molecular formula is C32H33BrN2O4S. The lowest BCUT2D eigenvalue weighted by Gasteiger charge is -2.19. The van der Waals surface area contributed by atoms with Gasteiger partial charge < -0.3 is 15.2 Å². The Morgan fingerprint density at radius 3 is 2.38 bits per heavy atom. The first-order chi connectivity index (χ1) is 19.1. The van der Waals surface area contributed by atoms with E-state index in [1.165, 1.54) is 29.7 Å². The van der Waals surface area contributed by atoms with Gasteiger partial charge in [0.2, 0.25) is 0 Å². The van der Waals surface area contributed by atoms with E-state index in [0.717, 1.165) is 45.3 Å². The van der Waals surface area contributed by atoms with E-state index >= 15 is 0 Å². The van der Waals surface area contributed by atoms with Crippen LogP contribution in [0.5, 0.6) is 11.5 Å². The highest BCUT2D eigenvalue weighted by atomic mass is 79.9. The summed E-state index contributed by atoms with van der Waals surface area (Å²) in [6, 6.07) is 18.0. The molecule has 2 heterocycles. The fourth-order valence-electron chi connectivity index (χ4n) is 5.22. The molecule has 1 atom stereocenters. The van der Waals surface area contributed by atoms with Gasteiger partial charge in [-0.25, -0.2) is 9.78 Å². The number of benzene rings is 2. The van der Waals surface area contributed by atoms with Gasteiger partial charge in [0.15, 0.2) is 6.04 Å². The molecule has 208 valence electrons. The number of hydrogen-bond donors (Lipinski definition) is 2. The molecule has 1 unspecified atom stereocenters. The van der Waals surface area contributed by atoms with Crippen LogP contribution in [-0.2, 0) is 16.6 Å². The first-order valence-corrected chi connectivity index (χ1v) is 15.2. The third-order valence-electron chi connectivity index (χ3n) is 7.43. The molecule has 1 fully saturated rings. The lowest BCUT2D eigenvalue weighted by molar-refractivity contribution is -0.139. The molecule has 0 bridgehead atoms. The second-order valence-electron chi connectivity index (χ2n) is 11.5. The molecule has 1 aliphatic carbocycles. The minimum Gasteiger partial charge on any atom is -0.479 e.